The summed E-state index contributed by atoms with van der Waals surface area (Å²) >= 11 is 0.637. The van der Waals surface area contributed by atoms with E-state index in [1.807, 2.05) is 0 Å². The first kappa shape index (κ1) is 15.3. The van der Waals surface area contributed by atoms with Crippen molar-refractivity contribution < 1.29 is 22.7 Å². The van der Waals surface area contributed by atoms with E-state index in [4.69, 9.17) is 4.74 Å². The molecule has 0 fully saturated rings. The molecule has 2 rings (SSSR count). The number of carbonyl (C=O) groups is 1. The number of ether oxygens (including phenoxy) is 1. The maximum Gasteiger partial charge on any atom is 0.434 e. The highest BCUT2D eigenvalue weighted by molar-refractivity contribution is 7.12. The molecule has 0 spiro atoms. The number of nitrogens with one attached hydrogen (secondary N) is 1. The first-order valence-electron chi connectivity index (χ1n) is 5.79. The minimum absolute atomic E-state index is 0.309. The van der Waals surface area contributed by atoms with E-state index in [0.29, 0.717) is 22.8 Å². The predicted octanol–water partition coefficient (Wildman–Crippen LogP) is 3.73. The van der Waals surface area contributed by atoms with Crippen LogP contribution in [-0.2, 0) is 6.18 Å². The maximum atomic E-state index is 12.7. The molecule has 0 radical (unpaired) electrons. The number of methoxy groups -OCH3 is 1. The molecule has 1 heterocycles. The van der Waals surface area contributed by atoms with E-state index in [-0.39, 0.29) is 0 Å². The first-order chi connectivity index (χ1) is 9.82. The number of aromatic nitrogens is 1. The van der Waals surface area contributed by atoms with E-state index in [1.165, 1.54) is 7.11 Å². The van der Waals surface area contributed by atoms with Gasteiger partial charge >= 0.3 is 6.18 Å². The number of carbonyl (C=O) groups excluding carboxylic acids is 1. The molecule has 21 heavy (non-hydrogen) atoms. The summed E-state index contributed by atoms with van der Waals surface area (Å²) < 4.78 is 43.3. The second kappa shape index (κ2) is 5.72. The highest BCUT2D eigenvalue weighted by Crippen LogP contribution is 2.33. The smallest absolute Gasteiger partial charge is 0.434 e. The number of aryl methyl sites for hydroxylation is 1. The number of amides is 1. The molecule has 0 bridgehead atoms. The molecular weight excluding hydrogens is 305 g/mol. The fraction of sp³-hybridized carbons (Fsp3) is 0.231. The first-order valence-corrected chi connectivity index (χ1v) is 6.67. The van der Waals surface area contributed by atoms with Gasteiger partial charge < -0.3 is 10.1 Å². The molecule has 2 aromatic rings. The predicted molar refractivity (Wildman–Crippen MR) is 72.8 cm³/mol. The number of benzene rings is 1. The second-order valence-corrected chi connectivity index (χ2v) is 5.04. The molecule has 0 aliphatic heterocycles. The number of nitrogens with zero attached hydrogens (tertiary/aromatic N) is 1. The van der Waals surface area contributed by atoms with Gasteiger partial charge in [0.2, 0.25) is 0 Å². The number of rotatable bonds is 3. The Morgan fingerprint density at radius 3 is 2.71 bits per heavy atom. The molecule has 4 nitrogen and oxygen atoms in total. The van der Waals surface area contributed by atoms with Gasteiger partial charge in [-0.3, -0.25) is 4.79 Å². The van der Waals surface area contributed by atoms with Crippen LogP contribution in [0.3, 0.4) is 0 Å². The molecule has 0 unspecified atom stereocenters. The lowest BCUT2D eigenvalue weighted by molar-refractivity contribution is -0.141. The van der Waals surface area contributed by atoms with E-state index in [0.717, 1.165) is 11.1 Å². The minimum Gasteiger partial charge on any atom is -0.495 e. The van der Waals surface area contributed by atoms with Crippen LogP contribution in [-0.4, -0.2) is 18.0 Å². The largest absolute Gasteiger partial charge is 0.495 e. The van der Waals surface area contributed by atoms with Crippen LogP contribution >= 0.6 is 11.3 Å². The van der Waals surface area contributed by atoms with Crippen molar-refractivity contribution in [2.24, 2.45) is 0 Å². The second-order valence-electron chi connectivity index (χ2n) is 4.19. The Morgan fingerprint density at radius 1 is 1.38 bits per heavy atom. The highest BCUT2D eigenvalue weighted by atomic mass is 32.1. The van der Waals surface area contributed by atoms with Crippen LogP contribution in [0.15, 0.2) is 23.7 Å². The van der Waals surface area contributed by atoms with Gasteiger partial charge in [-0.05, 0) is 24.6 Å². The topological polar surface area (TPSA) is 51.2 Å². The molecule has 8 heteroatoms. The summed E-state index contributed by atoms with van der Waals surface area (Å²) in [5, 5.41) is 2.42. The third-order valence-corrected chi connectivity index (χ3v) is 3.47. The van der Waals surface area contributed by atoms with E-state index >= 15 is 0 Å². The van der Waals surface area contributed by atoms with Crippen LogP contribution in [0.2, 0.25) is 0 Å². The lowest BCUT2D eigenvalue weighted by atomic mass is 10.2. The van der Waals surface area contributed by atoms with Gasteiger partial charge in [-0.2, -0.15) is 13.2 Å². The molecule has 1 aromatic carbocycles. The van der Waals surface area contributed by atoms with Crippen molar-refractivity contribution >= 4 is 22.9 Å². The summed E-state index contributed by atoms with van der Waals surface area (Å²) in [6.45, 7) is 1.79. The SMILES string of the molecule is COc1ccc(C)cc1NC(=O)c1scnc1C(F)(F)F. The van der Waals surface area contributed by atoms with Crippen molar-refractivity contribution in [1.29, 1.82) is 0 Å². The number of hydrogen-bond acceptors (Lipinski definition) is 4. The molecule has 1 N–H and O–H groups in total. The standard InChI is InChI=1S/C13H11F3N2O2S/c1-7-3-4-9(20-2)8(5-7)18-12(19)10-11(13(14,15)16)17-6-21-10/h3-6H,1-2H3,(H,18,19). The normalized spacial score (nSPS) is 11.3. The van der Waals surface area contributed by atoms with Crippen molar-refractivity contribution in [3.05, 3.63) is 39.8 Å². The van der Waals surface area contributed by atoms with E-state index in [2.05, 4.69) is 10.3 Å². The molecule has 1 amide bonds. The van der Waals surface area contributed by atoms with Gasteiger partial charge in [0, 0.05) is 0 Å². The van der Waals surface area contributed by atoms with Gasteiger partial charge in [-0.15, -0.1) is 11.3 Å². The quantitative estimate of drug-likeness (QED) is 0.938. The van der Waals surface area contributed by atoms with Gasteiger partial charge in [0.05, 0.1) is 18.3 Å². The lowest BCUT2D eigenvalue weighted by Crippen LogP contribution is -2.17. The van der Waals surface area contributed by atoms with Gasteiger partial charge in [-0.25, -0.2) is 4.98 Å². The van der Waals surface area contributed by atoms with Crippen molar-refractivity contribution in [3.63, 3.8) is 0 Å². The van der Waals surface area contributed by atoms with Crippen molar-refractivity contribution in [2.75, 3.05) is 12.4 Å². The van der Waals surface area contributed by atoms with Crippen LogP contribution in [0.1, 0.15) is 20.9 Å². The van der Waals surface area contributed by atoms with Crippen LogP contribution in [0.4, 0.5) is 18.9 Å². The summed E-state index contributed by atoms with van der Waals surface area (Å²) in [5.41, 5.74) is 0.956. The number of halogens is 3. The molecule has 112 valence electrons. The molecule has 0 saturated carbocycles. The van der Waals surface area contributed by atoms with Crippen molar-refractivity contribution in [1.82, 2.24) is 4.98 Å². The summed E-state index contributed by atoms with van der Waals surface area (Å²) in [5.74, 6) is -0.499. The molecule has 1 aromatic heterocycles. The molecule has 0 atom stereocenters. The van der Waals surface area contributed by atoms with Crippen LogP contribution in [0.5, 0.6) is 5.75 Å². The van der Waals surface area contributed by atoms with Crippen molar-refractivity contribution in [3.8, 4) is 5.75 Å². The van der Waals surface area contributed by atoms with Gasteiger partial charge in [-0.1, -0.05) is 6.07 Å². The zero-order valence-electron chi connectivity index (χ0n) is 11.1. The Kier molecular flexibility index (Phi) is 4.17. The monoisotopic (exact) mass is 316 g/mol. The number of hydrogen-bond donors (Lipinski definition) is 1. The average molecular weight is 316 g/mol. The Hall–Kier alpha value is -2.09. The summed E-state index contributed by atoms with van der Waals surface area (Å²) in [6.07, 6.45) is -4.66. The fourth-order valence-corrected chi connectivity index (χ4v) is 2.41. The van der Waals surface area contributed by atoms with E-state index in [1.54, 1.807) is 25.1 Å². The Labute approximate surface area is 122 Å². The average Bonchev–Trinajstić information content (AvgIpc) is 2.88. The van der Waals surface area contributed by atoms with E-state index < -0.39 is 22.7 Å². The van der Waals surface area contributed by atoms with Gasteiger partial charge in [0.15, 0.2) is 5.69 Å². The molecular formula is C13H11F3N2O2S. The molecule has 0 aliphatic carbocycles. The Balaban J connectivity index is 2.31. The third kappa shape index (κ3) is 3.33. The van der Waals surface area contributed by atoms with Crippen LogP contribution < -0.4 is 10.1 Å². The Bertz CT molecular complexity index is 668. The maximum absolute atomic E-state index is 12.7. The zero-order chi connectivity index (χ0) is 15.6. The number of alkyl halides is 3. The van der Waals surface area contributed by atoms with Crippen LogP contribution in [0.25, 0.3) is 0 Å². The van der Waals surface area contributed by atoms with Crippen LogP contribution in [0, 0.1) is 6.92 Å². The summed E-state index contributed by atoms with van der Waals surface area (Å²) in [7, 11) is 1.41. The lowest BCUT2D eigenvalue weighted by Gasteiger charge is -2.11. The van der Waals surface area contributed by atoms with E-state index in [9.17, 15) is 18.0 Å². The van der Waals surface area contributed by atoms with Crippen molar-refractivity contribution in [2.45, 2.75) is 13.1 Å². The van der Waals surface area contributed by atoms with Gasteiger partial charge in [0.1, 0.15) is 10.6 Å². The number of thiazole rings is 1. The Morgan fingerprint density at radius 2 is 2.10 bits per heavy atom. The number of anilines is 1. The molecule has 0 aliphatic rings. The highest BCUT2D eigenvalue weighted by Gasteiger charge is 2.38. The summed E-state index contributed by atoms with van der Waals surface area (Å²) in [4.78, 5) is 14.8. The summed E-state index contributed by atoms with van der Waals surface area (Å²) in [6, 6.07) is 5.01. The third-order valence-electron chi connectivity index (χ3n) is 2.65. The van der Waals surface area contributed by atoms with Gasteiger partial charge in [0.25, 0.3) is 5.91 Å². The minimum atomic E-state index is -4.66. The fourth-order valence-electron chi connectivity index (χ4n) is 1.71. The molecule has 0 saturated heterocycles. The zero-order valence-corrected chi connectivity index (χ0v) is 11.9.